The third kappa shape index (κ3) is 4.84. The van der Waals surface area contributed by atoms with E-state index in [1.165, 1.54) is 0 Å². The zero-order chi connectivity index (χ0) is 20.3. The Morgan fingerprint density at radius 2 is 1.96 bits per heavy atom. The summed E-state index contributed by atoms with van der Waals surface area (Å²) in [6.07, 6.45) is 5.30. The fraction of sp³-hybridized carbons (Fsp3) is 0.750. The summed E-state index contributed by atoms with van der Waals surface area (Å²) in [7, 11) is 1.81. The summed E-state index contributed by atoms with van der Waals surface area (Å²) >= 11 is 0. The summed E-state index contributed by atoms with van der Waals surface area (Å²) in [5, 5.41) is 9.60. The van der Waals surface area contributed by atoms with Gasteiger partial charge in [0.15, 0.2) is 0 Å². The maximum atomic E-state index is 12.4. The van der Waals surface area contributed by atoms with Crippen molar-refractivity contribution in [3.05, 3.63) is 12.4 Å². The molecular formula is C20H33N5O3. The largest absolute Gasteiger partial charge is 0.444 e. The number of anilines is 2. The highest BCUT2D eigenvalue weighted by molar-refractivity contribution is 5.68. The number of aliphatic hydroxyl groups is 1. The van der Waals surface area contributed by atoms with Crippen molar-refractivity contribution < 1.29 is 14.6 Å². The van der Waals surface area contributed by atoms with Gasteiger partial charge in [-0.25, -0.2) is 14.8 Å². The summed E-state index contributed by atoms with van der Waals surface area (Å²) in [6.45, 7) is 8.32. The maximum absolute atomic E-state index is 12.4. The first-order valence-electron chi connectivity index (χ1n) is 10.2. The molecule has 1 aromatic heterocycles. The molecule has 28 heavy (non-hydrogen) atoms. The number of piperidine rings is 1. The van der Waals surface area contributed by atoms with Gasteiger partial charge in [-0.05, 0) is 46.5 Å². The molecule has 3 rings (SSSR count). The highest BCUT2D eigenvalue weighted by Crippen LogP contribution is 2.27. The van der Waals surface area contributed by atoms with E-state index >= 15 is 0 Å². The summed E-state index contributed by atoms with van der Waals surface area (Å²) < 4.78 is 5.52. The molecule has 0 aliphatic carbocycles. The Kier molecular flexibility index (Phi) is 6.27. The third-order valence-electron chi connectivity index (χ3n) is 5.47. The molecule has 1 amide bonds. The van der Waals surface area contributed by atoms with Gasteiger partial charge >= 0.3 is 6.09 Å². The molecule has 2 aliphatic rings. The molecule has 3 heterocycles. The van der Waals surface area contributed by atoms with E-state index in [1.807, 2.05) is 33.9 Å². The Labute approximate surface area is 167 Å². The first-order chi connectivity index (χ1) is 13.3. The standard InChI is InChI=1S/C20H33N5O3/c1-20(2,3)28-19(27)23(4)15-7-5-9-24(12-15)17-11-18(22-14-21-17)25-10-6-8-16(25)13-26/h11,14-16,26H,5-10,12-13H2,1-4H3/t15-,16+/m1/s1. The smallest absolute Gasteiger partial charge is 0.410 e. The molecule has 0 bridgehead atoms. The van der Waals surface area contributed by atoms with Crippen molar-refractivity contribution in [3.8, 4) is 0 Å². The number of aliphatic hydroxyl groups excluding tert-OH is 1. The lowest BCUT2D eigenvalue weighted by atomic mass is 10.0. The Morgan fingerprint density at radius 3 is 2.68 bits per heavy atom. The van der Waals surface area contributed by atoms with Crippen molar-refractivity contribution in [3.63, 3.8) is 0 Å². The van der Waals surface area contributed by atoms with Crippen molar-refractivity contribution in [2.24, 2.45) is 0 Å². The molecule has 156 valence electrons. The van der Waals surface area contributed by atoms with Crippen LogP contribution >= 0.6 is 0 Å². The second kappa shape index (κ2) is 8.51. The third-order valence-corrected chi connectivity index (χ3v) is 5.47. The highest BCUT2D eigenvalue weighted by Gasteiger charge is 2.30. The van der Waals surface area contributed by atoms with Crippen molar-refractivity contribution >= 4 is 17.7 Å². The van der Waals surface area contributed by atoms with Gasteiger partial charge in [-0.3, -0.25) is 0 Å². The van der Waals surface area contributed by atoms with E-state index in [9.17, 15) is 9.90 Å². The van der Waals surface area contributed by atoms with Crippen molar-refractivity contribution in [1.29, 1.82) is 0 Å². The SMILES string of the molecule is CN(C(=O)OC(C)(C)C)[C@@H]1CCCN(c2cc(N3CCC[C@H]3CO)ncn2)C1. The second-order valence-corrected chi connectivity index (χ2v) is 8.74. The fourth-order valence-electron chi connectivity index (χ4n) is 3.96. The predicted octanol–water partition coefficient (Wildman–Crippen LogP) is 2.27. The number of carbonyl (C=O) groups excluding carboxylic acids is 1. The van der Waals surface area contributed by atoms with Gasteiger partial charge in [0.1, 0.15) is 23.6 Å². The monoisotopic (exact) mass is 391 g/mol. The van der Waals surface area contributed by atoms with Crippen LogP contribution in [0.1, 0.15) is 46.5 Å². The Hall–Kier alpha value is -2.09. The molecule has 8 heteroatoms. The van der Waals surface area contributed by atoms with E-state index in [-0.39, 0.29) is 24.8 Å². The number of amides is 1. The van der Waals surface area contributed by atoms with Crippen LogP contribution in [0.25, 0.3) is 0 Å². The topological polar surface area (TPSA) is 82.0 Å². The van der Waals surface area contributed by atoms with Crippen LogP contribution < -0.4 is 9.80 Å². The maximum Gasteiger partial charge on any atom is 0.410 e. The Balaban J connectivity index is 1.69. The first kappa shape index (κ1) is 20.6. The Bertz CT molecular complexity index is 678. The molecule has 0 aromatic carbocycles. The first-order valence-corrected chi connectivity index (χ1v) is 10.2. The lowest BCUT2D eigenvalue weighted by Gasteiger charge is -2.38. The molecular weight excluding hydrogens is 358 g/mol. The van der Waals surface area contributed by atoms with E-state index in [0.717, 1.165) is 57.0 Å². The minimum absolute atomic E-state index is 0.0824. The number of nitrogens with zero attached hydrogens (tertiary/aromatic N) is 5. The minimum Gasteiger partial charge on any atom is -0.444 e. The number of carbonyl (C=O) groups is 1. The molecule has 1 aromatic rings. The van der Waals surface area contributed by atoms with Gasteiger partial charge in [0.25, 0.3) is 0 Å². The molecule has 0 unspecified atom stereocenters. The summed E-state index contributed by atoms with van der Waals surface area (Å²) in [6, 6.07) is 2.22. The van der Waals surface area contributed by atoms with Crippen LogP contribution in [0, 0.1) is 0 Å². The molecule has 2 fully saturated rings. The van der Waals surface area contributed by atoms with Gasteiger partial charge < -0.3 is 24.5 Å². The van der Waals surface area contributed by atoms with Crippen molar-refractivity contribution in [1.82, 2.24) is 14.9 Å². The number of rotatable bonds is 4. The number of hydrogen-bond acceptors (Lipinski definition) is 7. The molecule has 2 aliphatic heterocycles. The van der Waals surface area contributed by atoms with Crippen molar-refractivity contribution in [2.45, 2.75) is 64.1 Å². The van der Waals surface area contributed by atoms with Crippen LogP contribution in [0.15, 0.2) is 12.4 Å². The molecule has 0 spiro atoms. The van der Waals surface area contributed by atoms with E-state index in [1.54, 1.807) is 11.2 Å². The fourth-order valence-corrected chi connectivity index (χ4v) is 3.96. The quantitative estimate of drug-likeness (QED) is 0.843. The van der Waals surface area contributed by atoms with Crippen molar-refractivity contribution in [2.75, 3.05) is 43.1 Å². The van der Waals surface area contributed by atoms with Gasteiger partial charge in [0.05, 0.1) is 18.7 Å². The van der Waals surface area contributed by atoms with Crippen LogP contribution in [0.5, 0.6) is 0 Å². The van der Waals surface area contributed by atoms with Gasteiger partial charge in [-0.15, -0.1) is 0 Å². The summed E-state index contributed by atoms with van der Waals surface area (Å²) in [5.41, 5.74) is -0.500. The van der Waals surface area contributed by atoms with Crippen LogP contribution in [-0.2, 0) is 4.74 Å². The molecule has 0 radical (unpaired) electrons. The lowest BCUT2D eigenvalue weighted by Crippen LogP contribution is -2.50. The molecule has 1 N–H and O–H groups in total. The van der Waals surface area contributed by atoms with E-state index < -0.39 is 5.60 Å². The van der Waals surface area contributed by atoms with Gasteiger partial charge in [0, 0.05) is 32.7 Å². The van der Waals surface area contributed by atoms with Crippen LogP contribution in [0.3, 0.4) is 0 Å². The minimum atomic E-state index is -0.500. The average molecular weight is 392 g/mol. The number of aromatic nitrogens is 2. The van der Waals surface area contributed by atoms with Crippen LogP contribution in [-0.4, -0.2) is 77.0 Å². The molecule has 2 atom stereocenters. The number of hydrogen-bond donors (Lipinski definition) is 1. The zero-order valence-corrected chi connectivity index (χ0v) is 17.5. The predicted molar refractivity (Wildman–Crippen MR) is 109 cm³/mol. The number of likely N-dealkylation sites (N-methyl/N-ethyl adjacent to an activating group) is 1. The zero-order valence-electron chi connectivity index (χ0n) is 17.5. The molecule has 2 saturated heterocycles. The van der Waals surface area contributed by atoms with E-state index in [2.05, 4.69) is 19.8 Å². The summed E-state index contributed by atoms with van der Waals surface area (Å²) in [5.74, 6) is 1.74. The van der Waals surface area contributed by atoms with Gasteiger partial charge in [0.2, 0.25) is 0 Å². The highest BCUT2D eigenvalue weighted by atomic mass is 16.6. The van der Waals surface area contributed by atoms with Crippen LogP contribution in [0.4, 0.5) is 16.4 Å². The summed E-state index contributed by atoms with van der Waals surface area (Å²) in [4.78, 5) is 27.4. The van der Waals surface area contributed by atoms with E-state index in [0.29, 0.717) is 0 Å². The second-order valence-electron chi connectivity index (χ2n) is 8.74. The average Bonchev–Trinajstić information content (AvgIpc) is 3.15. The molecule has 0 saturated carbocycles. The normalized spacial score (nSPS) is 23.0. The Morgan fingerprint density at radius 1 is 1.25 bits per heavy atom. The van der Waals surface area contributed by atoms with Gasteiger partial charge in [-0.1, -0.05) is 0 Å². The number of ether oxygens (including phenoxy) is 1. The van der Waals surface area contributed by atoms with Gasteiger partial charge in [-0.2, -0.15) is 0 Å². The lowest BCUT2D eigenvalue weighted by molar-refractivity contribution is 0.0209. The molecule has 8 nitrogen and oxygen atoms in total. The van der Waals surface area contributed by atoms with Crippen LogP contribution in [0.2, 0.25) is 0 Å². The van der Waals surface area contributed by atoms with E-state index in [4.69, 9.17) is 4.74 Å².